The van der Waals surface area contributed by atoms with E-state index in [0.29, 0.717) is 23.0 Å². The highest BCUT2D eigenvalue weighted by Gasteiger charge is 2.34. The van der Waals surface area contributed by atoms with E-state index >= 15 is 0 Å². The molecule has 0 saturated heterocycles. The molecule has 8 nitrogen and oxygen atoms in total. The predicted octanol–water partition coefficient (Wildman–Crippen LogP) is 17.4. The Morgan fingerprint density at radius 1 is 0.463 bits per heavy atom. The van der Waals surface area contributed by atoms with Crippen LogP contribution in [0, 0.1) is 13.8 Å². The van der Waals surface area contributed by atoms with Gasteiger partial charge in [0.05, 0.1) is 0 Å². The molecule has 0 bridgehead atoms. The Hall–Kier alpha value is -3.79. The first-order valence-electron chi connectivity index (χ1n) is 24.0. The van der Waals surface area contributed by atoms with Gasteiger partial charge in [-0.05, 0) is 174 Å². The molecule has 0 aromatic heterocycles. The largest absolute Gasteiger partial charge is 0.519 e. The van der Waals surface area contributed by atoms with Crippen molar-refractivity contribution in [3.63, 3.8) is 0 Å². The number of unbranched alkanes of at least 4 members (excludes halogenated alkanes) is 2. The Balaban J connectivity index is 0.00000771. The number of ether oxygens (including phenoxy) is 4. The van der Waals surface area contributed by atoms with Gasteiger partial charge in [0.25, 0.3) is 0 Å². The first-order valence-corrected chi connectivity index (χ1v) is 36.5. The molecule has 67 heavy (non-hydrogen) atoms. The number of benzene rings is 4. The van der Waals surface area contributed by atoms with Gasteiger partial charge in [0.1, 0.15) is 23.0 Å². The van der Waals surface area contributed by atoms with E-state index in [0.717, 1.165) is 71.2 Å². The second-order valence-electron chi connectivity index (χ2n) is 20.9. The molecule has 0 radical (unpaired) electrons. The molecule has 0 N–H and O–H groups in total. The lowest BCUT2D eigenvalue weighted by atomic mass is 9.77. The van der Waals surface area contributed by atoms with E-state index in [1.165, 1.54) is 37.8 Å². The minimum Gasteiger partial charge on any atom is -0.455 e. The topological polar surface area (TPSA) is 89.5 Å². The summed E-state index contributed by atoms with van der Waals surface area (Å²) in [7, 11) is -6.99. The van der Waals surface area contributed by atoms with Gasteiger partial charge in [-0.25, -0.2) is 9.59 Å². The minimum atomic E-state index is -1.82. The average Bonchev–Trinajstić information content (AvgIpc) is 3.21. The quantitative estimate of drug-likeness (QED) is 0.0390. The fraction of sp³-hybridized carbons (Fsp3) is 0.527. The van der Waals surface area contributed by atoms with Crippen LogP contribution in [0.25, 0.3) is 0 Å². The zero-order valence-electron chi connectivity index (χ0n) is 42.3. The number of rotatable bonds is 24. The lowest BCUT2D eigenvalue weighted by Gasteiger charge is -2.34. The Bertz CT molecular complexity index is 2030. The van der Waals surface area contributed by atoms with E-state index < -0.39 is 51.0 Å². The van der Waals surface area contributed by atoms with Gasteiger partial charge < -0.3 is 27.2 Å². The SMILES string of the molecule is C.C.CCCC[Si](C)(C)O[Si](C)(C)CCCc1ccccc1OC(=O)Oc1ccc(C(C)(C)c2ccc(OC(=O)Oc3ccccc3CCC[Si](C)(C)O[Si](C)(C)CCCC)c(C)c2)cc1C. The maximum Gasteiger partial charge on any atom is 0.519 e. The highest BCUT2D eigenvalue weighted by atomic mass is 28.4. The Morgan fingerprint density at radius 2 is 0.776 bits per heavy atom. The second kappa shape index (κ2) is 26.3. The molecule has 0 unspecified atom stereocenters. The van der Waals surface area contributed by atoms with Gasteiger partial charge in [0.2, 0.25) is 0 Å². The summed E-state index contributed by atoms with van der Waals surface area (Å²) >= 11 is 0. The molecule has 0 spiro atoms. The predicted molar refractivity (Wildman–Crippen MR) is 292 cm³/mol. The van der Waals surface area contributed by atoms with Crippen molar-refractivity contribution in [1.29, 1.82) is 0 Å². The normalized spacial score (nSPS) is 12.1. The summed E-state index contributed by atoms with van der Waals surface area (Å²) in [6.07, 6.45) is 6.85. The molecular formula is C55H88O8Si4. The molecule has 0 aliphatic rings. The molecule has 12 heteroatoms. The highest BCUT2D eigenvalue weighted by molar-refractivity contribution is 6.85. The standard InChI is InChI=1S/C53H80O8Si4.2CH4/c1-15-17-35-62(7,8)60-64(11,12)37-23-27-43-25-19-21-29-49(43)58-51(54)56-47-33-31-45(39-41(47)3)53(5,6)46-32-34-48(42(4)40-46)57-52(55)59-50-30-22-20-26-44(50)28-24-38-65(13,14)61-63(9,10)36-18-16-2;;/h19-22,25-26,29-34,39-40H,15-18,23-24,27-28,35-38H2,1-14H3;2*1H4. The Labute approximate surface area is 411 Å². The molecule has 4 aromatic carbocycles. The molecule has 0 fully saturated rings. The maximum absolute atomic E-state index is 13.2. The van der Waals surface area contributed by atoms with E-state index in [9.17, 15) is 9.59 Å². The third-order valence-electron chi connectivity index (χ3n) is 12.3. The molecule has 4 rings (SSSR count). The van der Waals surface area contributed by atoms with E-state index in [-0.39, 0.29) is 14.9 Å². The molecule has 372 valence electrons. The van der Waals surface area contributed by atoms with Crippen LogP contribution in [0.15, 0.2) is 84.9 Å². The number of hydrogen-bond donors (Lipinski definition) is 0. The number of hydrogen-bond acceptors (Lipinski definition) is 8. The van der Waals surface area contributed by atoms with Crippen molar-refractivity contribution in [2.75, 3.05) is 0 Å². The van der Waals surface area contributed by atoms with Gasteiger partial charge in [-0.3, -0.25) is 0 Å². The van der Waals surface area contributed by atoms with Crippen LogP contribution in [0.4, 0.5) is 9.59 Å². The Morgan fingerprint density at radius 3 is 1.10 bits per heavy atom. The van der Waals surface area contributed by atoms with Gasteiger partial charge in [0.15, 0.2) is 33.3 Å². The molecule has 0 saturated carbocycles. The molecule has 0 amide bonds. The maximum atomic E-state index is 13.2. The van der Waals surface area contributed by atoms with Crippen LogP contribution < -0.4 is 18.9 Å². The Kier molecular flexibility index (Phi) is 23.3. The lowest BCUT2D eigenvalue weighted by Crippen LogP contribution is -2.44. The van der Waals surface area contributed by atoms with Crippen LogP contribution in [-0.2, 0) is 26.5 Å². The van der Waals surface area contributed by atoms with Gasteiger partial charge in [0, 0.05) is 5.41 Å². The van der Waals surface area contributed by atoms with Crippen molar-refractivity contribution in [2.45, 2.75) is 190 Å². The van der Waals surface area contributed by atoms with Crippen LogP contribution in [0.3, 0.4) is 0 Å². The van der Waals surface area contributed by atoms with E-state index in [1.54, 1.807) is 0 Å². The zero-order chi connectivity index (χ0) is 48.1. The summed E-state index contributed by atoms with van der Waals surface area (Å²) in [5, 5.41) is 0. The third kappa shape index (κ3) is 19.3. The van der Waals surface area contributed by atoms with Crippen molar-refractivity contribution in [3.05, 3.63) is 118 Å². The van der Waals surface area contributed by atoms with Crippen LogP contribution in [0.5, 0.6) is 23.0 Å². The summed E-state index contributed by atoms with van der Waals surface area (Å²) in [5.41, 5.74) is 5.24. The molecule has 0 aliphatic heterocycles. The average molecular weight is 990 g/mol. The molecular weight excluding hydrogens is 901 g/mol. The fourth-order valence-corrected chi connectivity index (χ4v) is 26.9. The fourth-order valence-electron chi connectivity index (χ4n) is 8.81. The summed E-state index contributed by atoms with van der Waals surface area (Å²) in [4.78, 5) is 26.3. The van der Waals surface area contributed by atoms with Gasteiger partial charge in [-0.2, -0.15) is 0 Å². The number of aryl methyl sites for hydroxylation is 4. The zero-order valence-corrected chi connectivity index (χ0v) is 46.3. The summed E-state index contributed by atoms with van der Waals surface area (Å²) < 4.78 is 36.8. The summed E-state index contributed by atoms with van der Waals surface area (Å²) in [5.74, 6) is 1.92. The van der Waals surface area contributed by atoms with Crippen LogP contribution in [0.1, 0.15) is 114 Å². The smallest absolute Gasteiger partial charge is 0.455 e. The van der Waals surface area contributed by atoms with Crippen LogP contribution in [-0.4, -0.2) is 45.6 Å². The monoisotopic (exact) mass is 989 g/mol. The number of carbonyl (C=O) groups excluding carboxylic acids is 2. The first-order chi connectivity index (χ1) is 30.4. The number of para-hydroxylation sites is 2. The van der Waals surface area contributed by atoms with Crippen LogP contribution >= 0.6 is 0 Å². The highest BCUT2D eigenvalue weighted by Crippen LogP contribution is 2.37. The molecule has 4 aromatic rings. The van der Waals surface area contributed by atoms with Crippen LogP contribution in [0.2, 0.25) is 76.6 Å². The van der Waals surface area contributed by atoms with Crippen molar-refractivity contribution in [2.24, 2.45) is 0 Å². The molecule has 0 aliphatic carbocycles. The summed E-state index contributed by atoms with van der Waals surface area (Å²) in [6, 6.07) is 31.6. The first kappa shape index (κ1) is 59.3. The second-order valence-corrected chi connectivity index (χ2v) is 38.6. The van der Waals surface area contributed by atoms with Gasteiger partial charge >= 0.3 is 12.3 Å². The summed E-state index contributed by atoms with van der Waals surface area (Å²) in [6.45, 7) is 31.3. The van der Waals surface area contributed by atoms with Crippen molar-refractivity contribution in [3.8, 4) is 23.0 Å². The van der Waals surface area contributed by atoms with Gasteiger partial charge in [-0.1, -0.05) is 129 Å². The van der Waals surface area contributed by atoms with E-state index in [1.807, 2.05) is 98.8 Å². The van der Waals surface area contributed by atoms with Crippen molar-refractivity contribution in [1.82, 2.24) is 0 Å². The molecule has 0 heterocycles. The number of carbonyl (C=O) groups is 2. The van der Waals surface area contributed by atoms with Crippen molar-refractivity contribution >= 4 is 45.6 Å². The van der Waals surface area contributed by atoms with E-state index in [2.05, 4.69) is 80.1 Å². The molecule has 0 atom stereocenters. The lowest BCUT2D eigenvalue weighted by molar-refractivity contribution is 0.150. The van der Waals surface area contributed by atoms with Gasteiger partial charge in [-0.15, -0.1) is 0 Å². The third-order valence-corrected chi connectivity index (χ3v) is 27.4. The van der Waals surface area contributed by atoms with Crippen molar-refractivity contribution < 1.29 is 36.8 Å². The minimum absolute atomic E-state index is 0. The van der Waals surface area contributed by atoms with E-state index in [4.69, 9.17) is 27.2 Å².